The number of ether oxygens (including phenoxy) is 1. The Morgan fingerprint density at radius 2 is 1.80 bits per heavy atom. The average molecular weight is 411 g/mol. The van der Waals surface area contributed by atoms with Crippen molar-refractivity contribution in [3.8, 4) is 0 Å². The lowest BCUT2D eigenvalue weighted by molar-refractivity contribution is -0.138. The molecule has 3 amide bonds. The van der Waals surface area contributed by atoms with Crippen molar-refractivity contribution in [2.24, 2.45) is 0 Å². The highest BCUT2D eigenvalue weighted by Crippen LogP contribution is 2.12. The van der Waals surface area contributed by atoms with E-state index in [2.05, 4.69) is 5.32 Å². The maximum atomic E-state index is 12.3. The van der Waals surface area contributed by atoms with Crippen molar-refractivity contribution in [1.82, 2.24) is 9.80 Å². The van der Waals surface area contributed by atoms with Gasteiger partial charge in [0.15, 0.2) is 0 Å². The molecule has 1 heterocycles. The van der Waals surface area contributed by atoms with Crippen LogP contribution in [0.5, 0.6) is 0 Å². The normalized spacial score (nSPS) is 13.7. The van der Waals surface area contributed by atoms with E-state index in [4.69, 9.17) is 9.84 Å². The zero-order chi connectivity index (χ0) is 21.5. The zero-order valence-corrected chi connectivity index (χ0v) is 16.1. The van der Waals surface area contributed by atoms with Gasteiger partial charge in [0.05, 0.1) is 12.1 Å². The molecular formula is C21H21N3O6. The van der Waals surface area contributed by atoms with Gasteiger partial charge in [-0.25, -0.2) is 9.59 Å². The van der Waals surface area contributed by atoms with Crippen molar-refractivity contribution in [3.63, 3.8) is 0 Å². The van der Waals surface area contributed by atoms with Gasteiger partial charge >= 0.3 is 12.1 Å². The van der Waals surface area contributed by atoms with Gasteiger partial charge in [0.1, 0.15) is 13.2 Å². The third-order valence-corrected chi connectivity index (χ3v) is 4.51. The van der Waals surface area contributed by atoms with E-state index in [1.165, 1.54) is 28.0 Å². The molecule has 0 bridgehead atoms. The van der Waals surface area contributed by atoms with Crippen molar-refractivity contribution in [2.45, 2.75) is 6.61 Å². The van der Waals surface area contributed by atoms with Crippen LogP contribution < -0.4 is 5.32 Å². The summed E-state index contributed by atoms with van der Waals surface area (Å²) >= 11 is 0. The highest BCUT2D eigenvalue weighted by atomic mass is 16.6. The highest BCUT2D eigenvalue weighted by molar-refractivity contribution is 5.96. The summed E-state index contributed by atoms with van der Waals surface area (Å²) in [6, 6.07) is 15.0. The molecule has 0 spiro atoms. The third kappa shape index (κ3) is 5.57. The van der Waals surface area contributed by atoms with Crippen molar-refractivity contribution < 1.29 is 29.0 Å². The number of piperazine rings is 1. The molecule has 1 aliphatic heterocycles. The summed E-state index contributed by atoms with van der Waals surface area (Å²) in [5, 5.41) is 11.6. The van der Waals surface area contributed by atoms with Gasteiger partial charge in [-0.2, -0.15) is 0 Å². The fourth-order valence-electron chi connectivity index (χ4n) is 2.95. The van der Waals surface area contributed by atoms with Crippen molar-refractivity contribution >= 4 is 29.6 Å². The fourth-order valence-corrected chi connectivity index (χ4v) is 2.95. The predicted octanol–water partition coefficient (Wildman–Crippen LogP) is 1.80. The first-order valence-corrected chi connectivity index (χ1v) is 9.29. The number of benzene rings is 2. The Balaban J connectivity index is 1.47. The van der Waals surface area contributed by atoms with E-state index in [0.29, 0.717) is 5.69 Å². The van der Waals surface area contributed by atoms with Gasteiger partial charge in [0, 0.05) is 18.8 Å². The molecule has 0 aromatic heterocycles. The number of hydrogen-bond acceptors (Lipinski definition) is 5. The number of anilines is 1. The Bertz CT molecular complexity index is 947. The average Bonchev–Trinajstić information content (AvgIpc) is 2.74. The van der Waals surface area contributed by atoms with Crippen LogP contribution in [-0.2, 0) is 20.9 Å². The molecule has 30 heavy (non-hydrogen) atoms. The Labute approximate surface area is 172 Å². The Morgan fingerprint density at radius 1 is 1.03 bits per heavy atom. The van der Waals surface area contributed by atoms with Gasteiger partial charge in [-0.3, -0.25) is 14.5 Å². The number of carboxylic acids is 1. The van der Waals surface area contributed by atoms with E-state index in [-0.39, 0.29) is 44.3 Å². The topological polar surface area (TPSA) is 116 Å². The van der Waals surface area contributed by atoms with Crippen molar-refractivity contribution in [3.05, 3.63) is 65.7 Å². The van der Waals surface area contributed by atoms with E-state index in [9.17, 15) is 19.2 Å². The van der Waals surface area contributed by atoms with Crippen LogP contribution >= 0.6 is 0 Å². The van der Waals surface area contributed by atoms with E-state index < -0.39 is 18.0 Å². The lowest BCUT2D eigenvalue weighted by Crippen LogP contribution is -2.53. The standard InChI is InChI=1S/C21H21N3O6/c25-18(22-17-8-4-7-16(11-17)20(27)28)12-23-9-10-24(13-19(23)26)21(29)30-14-15-5-2-1-3-6-15/h1-8,11H,9-10,12-14H2,(H,22,25)(H,27,28). The summed E-state index contributed by atoms with van der Waals surface area (Å²) in [6.07, 6.45) is -0.582. The maximum Gasteiger partial charge on any atom is 0.410 e. The van der Waals surface area contributed by atoms with Gasteiger partial charge in [0.2, 0.25) is 11.8 Å². The van der Waals surface area contributed by atoms with Crippen LogP contribution in [0.15, 0.2) is 54.6 Å². The number of amides is 3. The van der Waals surface area contributed by atoms with Crippen LogP contribution in [0, 0.1) is 0 Å². The molecule has 0 radical (unpaired) electrons. The van der Waals surface area contributed by atoms with E-state index in [1.807, 2.05) is 30.3 Å². The first-order chi connectivity index (χ1) is 14.4. The van der Waals surface area contributed by atoms with Crippen molar-refractivity contribution in [2.75, 3.05) is 31.5 Å². The number of carbonyl (C=O) groups is 4. The van der Waals surface area contributed by atoms with E-state index in [1.54, 1.807) is 6.07 Å². The van der Waals surface area contributed by atoms with Gasteiger partial charge in [-0.1, -0.05) is 36.4 Å². The summed E-state index contributed by atoms with van der Waals surface area (Å²) in [4.78, 5) is 50.4. The second kappa shape index (κ2) is 9.55. The molecule has 0 atom stereocenters. The summed E-state index contributed by atoms with van der Waals surface area (Å²) in [6.45, 7) is 0.202. The lowest BCUT2D eigenvalue weighted by Gasteiger charge is -2.33. The van der Waals surface area contributed by atoms with Crippen LogP contribution in [0.1, 0.15) is 15.9 Å². The van der Waals surface area contributed by atoms with Crippen LogP contribution in [0.4, 0.5) is 10.5 Å². The minimum atomic E-state index is -1.10. The maximum absolute atomic E-state index is 12.3. The predicted molar refractivity (Wildman–Crippen MR) is 107 cm³/mol. The molecule has 0 saturated carbocycles. The number of hydrogen-bond donors (Lipinski definition) is 2. The molecule has 1 fully saturated rings. The molecule has 0 aliphatic carbocycles. The smallest absolute Gasteiger partial charge is 0.410 e. The second-order valence-corrected chi connectivity index (χ2v) is 6.71. The molecular weight excluding hydrogens is 390 g/mol. The van der Waals surface area contributed by atoms with Gasteiger partial charge < -0.3 is 20.1 Å². The van der Waals surface area contributed by atoms with Crippen LogP contribution in [0.2, 0.25) is 0 Å². The molecule has 1 aliphatic rings. The second-order valence-electron chi connectivity index (χ2n) is 6.71. The molecule has 2 aromatic rings. The first-order valence-electron chi connectivity index (χ1n) is 9.29. The lowest BCUT2D eigenvalue weighted by atomic mass is 10.2. The Hall–Kier alpha value is -3.88. The number of nitrogens with zero attached hydrogens (tertiary/aromatic N) is 2. The van der Waals surface area contributed by atoms with Crippen LogP contribution in [0.25, 0.3) is 0 Å². The molecule has 9 nitrogen and oxygen atoms in total. The number of carbonyl (C=O) groups excluding carboxylic acids is 3. The van der Waals surface area contributed by atoms with E-state index in [0.717, 1.165) is 5.56 Å². The molecule has 1 saturated heterocycles. The first kappa shape index (κ1) is 20.8. The quantitative estimate of drug-likeness (QED) is 0.749. The SMILES string of the molecule is O=C(CN1CCN(C(=O)OCc2ccccc2)CC1=O)Nc1cccc(C(=O)O)c1. The molecule has 2 N–H and O–H groups in total. The summed E-state index contributed by atoms with van der Waals surface area (Å²) in [5.41, 5.74) is 1.22. The number of nitrogens with one attached hydrogen (secondary N) is 1. The molecule has 2 aromatic carbocycles. The van der Waals surface area contributed by atoms with Crippen LogP contribution in [0.3, 0.4) is 0 Å². The number of rotatable bonds is 6. The van der Waals surface area contributed by atoms with Crippen LogP contribution in [-0.4, -0.2) is 65.0 Å². The number of carboxylic acid groups (broad SMARTS) is 1. The van der Waals surface area contributed by atoms with Gasteiger partial charge in [0.25, 0.3) is 0 Å². The zero-order valence-electron chi connectivity index (χ0n) is 16.1. The number of aromatic carboxylic acids is 1. The summed E-state index contributed by atoms with van der Waals surface area (Å²) in [5.74, 6) is -1.92. The molecule has 156 valence electrons. The fraction of sp³-hybridized carbons (Fsp3) is 0.238. The molecule has 9 heteroatoms. The van der Waals surface area contributed by atoms with Gasteiger partial charge in [-0.15, -0.1) is 0 Å². The Morgan fingerprint density at radius 3 is 2.50 bits per heavy atom. The Kier molecular flexibility index (Phi) is 6.63. The largest absolute Gasteiger partial charge is 0.478 e. The molecule has 3 rings (SSSR count). The summed E-state index contributed by atoms with van der Waals surface area (Å²) < 4.78 is 5.23. The minimum Gasteiger partial charge on any atom is -0.478 e. The highest BCUT2D eigenvalue weighted by Gasteiger charge is 2.29. The third-order valence-electron chi connectivity index (χ3n) is 4.51. The monoisotopic (exact) mass is 411 g/mol. The minimum absolute atomic E-state index is 0.0477. The van der Waals surface area contributed by atoms with E-state index >= 15 is 0 Å². The molecule has 0 unspecified atom stereocenters. The van der Waals surface area contributed by atoms with Crippen molar-refractivity contribution in [1.29, 1.82) is 0 Å². The van der Waals surface area contributed by atoms with Gasteiger partial charge in [-0.05, 0) is 23.8 Å². The summed E-state index contributed by atoms with van der Waals surface area (Å²) in [7, 11) is 0.